The van der Waals surface area contributed by atoms with E-state index in [4.69, 9.17) is 11.6 Å². The highest BCUT2D eigenvalue weighted by Crippen LogP contribution is 2.31. The first-order chi connectivity index (χ1) is 19.1. The fourth-order valence-electron chi connectivity index (χ4n) is 4.22. The molecule has 0 heterocycles. The molecule has 0 aliphatic heterocycles. The second kappa shape index (κ2) is 14.3. The van der Waals surface area contributed by atoms with Crippen molar-refractivity contribution in [1.29, 1.82) is 0 Å². The molecule has 3 aromatic rings. The molecule has 0 aliphatic carbocycles. The van der Waals surface area contributed by atoms with E-state index in [9.17, 15) is 22.4 Å². The molecule has 0 bridgehead atoms. The van der Waals surface area contributed by atoms with E-state index >= 15 is 0 Å². The van der Waals surface area contributed by atoms with Gasteiger partial charge in [-0.15, -0.1) is 0 Å². The maximum absolute atomic E-state index is 14.0. The number of carbonyl (C=O) groups is 2. The van der Waals surface area contributed by atoms with Crippen molar-refractivity contribution in [3.05, 3.63) is 94.8 Å². The van der Waals surface area contributed by atoms with Crippen LogP contribution >= 0.6 is 11.6 Å². The van der Waals surface area contributed by atoms with Crippen molar-refractivity contribution < 1.29 is 22.4 Å². The molecular formula is C30H35ClFN3O4S. The number of halogens is 2. The summed E-state index contributed by atoms with van der Waals surface area (Å²) in [4.78, 5) is 28.5. The molecule has 10 heteroatoms. The minimum absolute atomic E-state index is 0.000236. The van der Waals surface area contributed by atoms with E-state index < -0.39 is 34.3 Å². The molecule has 0 radical (unpaired) electrons. The highest BCUT2D eigenvalue weighted by atomic mass is 35.5. The third kappa shape index (κ3) is 7.82. The third-order valence-corrected chi connectivity index (χ3v) is 8.58. The van der Waals surface area contributed by atoms with Crippen molar-refractivity contribution >= 4 is 39.1 Å². The average molecular weight is 588 g/mol. The van der Waals surface area contributed by atoms with Gasteiger partial charge in [-0.2, -0.15) is 0 Å². The zero-order chi connectivity index (χ0) is 29.3. The van der Waals surface area contributed by atoms with Crippen LogP contribution < -0.4 is 9.62 Å². The Morgan fingerprint density at radius 3 is 2.23 bits per heavy atom. The molecule has 1 unspecified atom stereocenters. The fraction of sp³-hybridized carbons (Fsp3) is 0.333. The number of rotatable bonds is 13. The number of nitrogens with zero attached hydrogens (tertiary/aromatic N) is 2. The molecule has 0 saturated carbocycles. The van der Waals surface area contributed by atoms with Crippen LogP contribution in [0.4, 0.5) is 10.1 Å². The van der Waals surface area contributed by atoms with Crippen molar-refractivity contribution in [3.8, 4) is 0 Å². The molecule has 0 aliphatic rings. The minimum atomic E-state index is -4.22. The van der Waals surface area contributed by atoms with Crippen LogP contribution in [0, 0.1) is 12.7 Å². The monoisotopic (exact) mass is 587 g/mol. The first kappa shape index (κ1) is 31.1. The van der Waals surface area contributed by atoms with Gasteiger partial charge < -0.3 is 10.2 Å². The van der Waals surface area contributed by atoms with Gasteiger partial charge in [-0.1, -0.05) is 73.8 Å². The summed E-state index contributed by atoms with van der Waals surface area (Å²) in [7, 11) is -4.22. The predicted molar refractivity (Wildman–Crippen MR) is 156 cm³/mol. The average Bonchev–Trinajstić information content (AvgIpc) is 2.93. The molecule has 2 amide bonds. The van der Waals surface area contributed by atoms with Crippen molar-refractivity contribution in [2.75, 3.05) is 17.4 Å². The Hall–Kier alpha value is -3.43. The van der Waals surface area contributed by atoms with Crippen LogP contribution in [0.15, 0.2) is 77.7 Å². The molecule has 1 N–H and O–H groups in total. The number of sulfonamides is 1. The summed E-state index contributed by atoms with van der Waals surface area (Å²) in [5.41, 5.74) is 1.62. The van der Waals surface area contributed by atoms with Crippen molar-refractivity contribution in [3.63, 3.8) is 0 Å². The zero-order valence-corrected chi connectivity index (χ0v) is 24.5. The Labute approximate surface area is 241 Å². The van der Waals surface area contributed by atoms with Gasteiger partial charge in [0.15, 0.2) is 0 Å². The summed E-state index contributed by atoms with van der Waals surface area (Å²) in [5.74, 6) is -1.37. The molecule has 3 rings (SSSR count). The molecule has 214 valence electrons. The SMILES string of the molecule is CCCCNC(=O)C(CC)N(Cc1ccc(F)cc1)C(=O)CN(c1ccccc1Cl)S(=O)(=O)c1ccc(C)cc1. The Morgan fingerprint density at radius 2 is 1.62 bits per heavy atom. The second-order valence-electron chi connectivity index (χ2n) is 9.49. The van der Waals surface area contributed by atoms with Crippen LogP contribution in [0.3, 0.4) is 0 Å². The van der Waals surface area contributed by atoms with Crippen LogP contribution in [-0.2, 0) is 26.2 Å². The molecule has 40 heavy (non-hydrogen) atoms. The molecule has 7 nitrogen and oxygen atoms in total. The lowest BCUT2D eigenvalue weighted by atomic mass is 10.1. The molecule has 3 aromatic carbocycles. The summed E-state index contributed by atoms with van der Waals surface area (Å²) < 4.78 is 42.3. The number of benzene rings is 3. The Bertz CT molecular complexity index is 1400. The van der Waals surface area contributed by atoms with E-state index in [1.807, 2.05) is 13.8 Å². The Balaban J connectivity index is 2.04. The largest absolute Gasteiger partial charge is 0.354 e. The molecule has 0 spiro atoms. The lowest BCUT2D eigenvalue weighted by Gasteiger charge is -2.33. The number of hydrogen-bond acceptors (Lipinski definition) is 4. The predicted octanol–water partition coefficient (Wildman–Crippen LogP) is 5.71. The lowest BCUT2D eigenvalue weighted by Crippen LogP contribution is -2.52. The molecule has 1 atom stereocenters. The van der Waals surface area contributed by atoms with Crippen molar-refractivity contribution in [1.82, 2.24) is 10.2 Å². The van der Waals surface area contributed by atoms with Crippen LogP contribution in [0.25, 0.3) is 0 Å². The van der Waals surface area contributed by atoms with Gasteiger partial charge in [0, 0.05) is 13.1 Å². The Morgan fingerprint density at radius 1 is 0.975 bits per heavy atom. The van der Waals surface area contributed by atoms with Gasteiger partial charge in [0.05, 0.1) is 15.6 Å². The van der Waals surface area contributed by atoms with Crippen LogP contribution in [-0.4, -0.2) is 44.3 Å². The van der Waals surface area contributed by atoms with Gasteiger partial charge in [0.25, 0.3) is 10.0 Å². The lowest BCUT2D eigenvalue weighted by molar-refractivity contribution is -0.140. The summed E-state index contributed by atoms with van der Waals surface area (Å²) in [6.07, 6.45) is 1.96. The highest BCUT2D eigenvalue weighted by molar-refractivity contribution is 7.92. The zero-order valence-electron chi connectivity index (χ0n) is 22.9. The van der Waals surface area contributed by atoms with Crippen LogP contribution in [0.1, 0.15) is 44.2 Å². The first-order valence-corrected chi connectivity index (χ1v) is 15.1. The molecule has 0 fully saturated rings. The number of carbonyl (C=O) groups excluding carboxylic acids is 2. The number of hydrogen-bond donors (Lipinski definition) is 1. The van der Waals surface area contributed by atoms with Crippen molar-refractivity contribution in [2.45, 2.75) is 57.5 Å². The van der Waals surface area contributed by atoms with Crippen molar-refractivity contribution in [2.24, 2.45) is 0 Å². The number of para-hydroxylation sites is 1. The highest BCUT2D eigenvalue weighted by Gasteiger charge is 2.34. The standard InChI is InChI=1S/C30H35ClFN3O4S/c1-4-6-19-33-30(37)27(5-2)34(20-23-13-15-24(32)16-14-23)29(36)21-35(28-10-8-7-9-26(28)31)40(38,39)25-17-11-22(3)12-18-25/h7-18,27H,4-6,19-21H2,1-3H3,(H,33,37). The topological polar surface area (TPSA) is 86.8 Å². The van der Waals surface area contributed by atoms with Gasteiger partial charge in [0.2, 0.25) is 11.8 Å². The molecule has 0 saturated heterocycles. The van der Waals surface area contributed by atoms with Crippen LogP contribution in [0.2, 0.25) is 5.02 Å². The third-order valence-electron chi connectivity index (χ3n) is 6.49. The van der Waals surface area contributed by atoms with Crippen LogP contribution in [0.5, 0.6) is 0 Å². The van der Waals surface area contributed by atoms with E-state index in [0.29, 0.717) is 18.5 Å². The number of amides is 2. The van der Waals surface area contributed by atoms with E-state index in [0.717, 1.165) is 22.7 Å². The fourth-order valence-corrected chi connectivity index (χ4v) is 5.94. The van der Waals surface area contributed by atoms with Gasteiger partial charge in [-0.3, -0.25) is 13.9 Å². The molecular weight excluding hydrogens is 553 g/mol. The first-order valence-electron chi connectivity index (χ1n) is 13.2. The summed E-state index contributed by atoms with van der Waals surface area (Å²) in [5, 5.41) is 3.03. The summed E-state index contributed by atoms with van der Waals surface area (Å²) >= 11 is 6.43. The van der Waals surface area contributed by atoms with Gasteiger partial charge in [-0.25, -0.2) is 12.8 Å². The smallest absolute Gasteiger partial charge is 0.264 e. The van der Waals surface area contributed by atoms with E-state index in [1.54, 1.807) is 37.3 Å². The van der Waals surface area contributed by atoms with Gasteiger partial charge in [0.1, 0.15) is 18.4 Å². The van der Waals surface area contributed by atoms with E-state index in [1.165, 1.54) is 47.4 Å². The minimum Gasteiger partial charge on any atom is -0.354 e. The van der Waals surface area contributed by atoms with Gasteiger partial charge in [-0.05, 0) is 61.7 Å². The summed E-state index contributed by atoms with van der Waals surface area (Å²) in [6.45, 7) is 5.47. The number of anilines is 1. The Kier molecular flexibility index (Phi) is 11.1. The quantitative estimate of drug-likeness (QED) is 0.260. The maximum Gasteiger partial charge on any atom is 0.264 e. The maximum atomic E-state index is 14.0. The second-order valence-corrected chi connectivity index (χ2v) is 11.8. The number of nitrogens with one attached hydrogen (secondary N) is 1. The normalized spacial score (nSPS) is 12.0. The number of unbranched alkanes of at least 4 members (excludes halogenated alkanes) is 1. The van der Waals surface area contributed by atoms with Gasteiger partial charge >= 0.3 is 0 Å². The summed E-state index contributed by atoms with van der Waals surface area (Å²) in [6, 6.07) is 17.4. The molecule has 0 aromatic heterocycles. The number of aryl methyl sites for hydroxylation is 1. The van der Waals surface area contributed by atoms with E-state index in [-0.39, 0.29) is 28.1 Å². The van der Waals surface area contributed by atoms with E-state index in [2.05, 4.69) is 5.32 Å².